The van der Waals surface area contributed by atoms with Crippen LogP contribution in [0.1, 0.15) is 36.0 Å². The summed E-state index contributed by atoms with van der Waals surface area (Å²) in [5.41, 5.74) is 13.3. The number of rotatable bonds is 12. The van der Waals surface area contributed by atoms with E-state index in [1.54, 1.807) is 14.2 Å². The summed E-state index contributed by atoms with van der Waals surface area (Å²) in [6, 6.07) is 6.55. The Morgan fingerprint density at radius 2 is 1.92 bits per heavy atom. The van der Waals surface area contributed by atoms with Crippen LogP contribution in [0.3, 0.4) is 0 Å². The van der Waals surface area contributed by atoms with E-state index in [4.69, 9.17) is 20.9 Å². The predicted octanol–water partition coefficient (Wildman–Crippen LogP) is 2.80. The molecule has 2 heterocycles. The summed E-state index contributed by atoms with van der Waals surface area (Å²) in [5.74, 6) is -0.574. The molecule has 0 aliphatic heterocycles. The number of methoxy groups -OCH3 is 2. The molecule has 4 rings (SSSR count). The van der Waals surface area contributed by atoms with Gasteiger partial charge in [0.2, 0.25) is 0 Å². The van der Waals surface area contributed by atoms with Gasteiger partial charge in [0.15, 0.2) is 17.5 Å². The van der Waals surface area contributed by atoms with Gasteiger partial charge in [0.1, 0.15) is 5.82 Å². The maximum atomic E-state index is 14.9. The molecule has 11 nitrogen and oxygen atoms in total. The summed E-state index contributed by atoms with van der Waals surface area (Å²) in [4.78, 5) is 16.5. The smallest absolute Gasteiger partial charge is 0.252 e. The highest BCUT2D eigenvalue weighted by atomic mass is 19.1. The van der Waals surface area contributed by atoms with Gasteiger partial charge in [-0.2, -0.15) is 5.10 Å². The van der Waals surface area contributed by atoms with Crippen molar-refractivity contribution in [2.75, 3.05) is 49.9 Å². The van der Waals surface area contributed by atoms with Crippen LogP contribution in [0, 0.1) is 5.82 Å². The standard InChI is InChI=1S/C25H35FN8O3/c1-36-11-9-29-23-16-13-15(7-8-21(16)34(33-23)10-12-37-2)30-24-17(22(28)35)14-18(26)25(32-24)31-20-6-4-3-5-19(20)27/h7-8,13-14,19-20H,3-6,9-12,27H2,1-2H3,(H2,28,35)(H,29,33)(H2,30,31,32)/t19-,20+/m0/s1. The number of fused-ring (bicyclic) bond motifs is 1. The van der Waals surface area contributed by atoms with Crippen LogP contribution in [0.5, 0.6) is 0 Å². The number of carbonyl (C=O) groups excluding carboxylic acids is 1. The van der Waals surface area contributed by atoms with Crippen LogP contribution in [0.2, 0.25) is 0 Å². The summed E-state index contributed by atoms with van der Waals surface area (Å²) in [7, 11) is 3.28. The Balaban J connectivity index is 1.66. The van der Waals surface area contributed by atoms with Crippen molar-refractivity contribution in [2.24, 2.45) is 11.5 Å². The summed E-state index contributed by atoms with van der Waals surface area (Å²) in [6.07, 6.45) is 3.75. The number of anilines is 4. The Hall–Kier alpha value is -3.48. The second kappa shape index (κ2) is 12.2. The molecular weight excluding hydrogens is 479 g/mol. The summed E-state index contributed by atoms with van der Waals surface area (Å²) in [5, 5.41) is 15.1. The van der Waals surface area contributed by atoms with Gasteiger partial charge in [-0.05, 0) is 37.1 Å². The molecule has 1 aromatic carbocycles. The molecule has 12 heteroatoms. The van der Waals surface area contributed by atoms with Crippen molar-refractivity contribution in [3.63, 3.8) is 0 Å². The number of ether oxygens (including phenoxy) is 2. The monoisotopic (exact) mass is 514 g/mol. The highest BCUT2D eigenvalue weighted by molar-refractivity contribution is 5.99. The number of amides is 1. The van der Waals surface area contributed by atoms with Crippen LogP contribution in [-0.4, -0.2) is 66.7 Å². The molecule has 37 heavy (non-hydrogen) atoms. The molecular formula is C25H35FN8O3. The lowest BCUT2D eigenvalue weighted by molar-refractivity contribution is 0.100. The van der Waals surface area contributed by atoms with Crippen molar-refractivity contribution >= 4 is 40.0 Å². The van der Waals surface area contributed by atoms with Crippen LogP contribution in [-0.2, 0) is 16.0 Å². The van der Waals surface area contributed by atoms with E-state index in [9.17, 15) is 9.18 Å². The fourth-order valence-corrected chi connectivity index (χ4v) is 4.53. The summed E-state index contributed by atoms with van der Waals surface area (Å²) < 4.78 is 27.1. The highest BCUT2D eigenvalue weighted by Gasteiger charge is 2.24. The molecule has 7 N–H and O–H groups in total. The zero-order valence-corrected chi connectivity index (χ0v) is 21.2. The molecule has 0 unspecified atom stereocenters. The average molecular weight is 515 g/mol. The number of nitrogens with one attached hydrogen (secondary N) is 3. The van der Waals surface area contributed by atoms with E-state index < -0.39 is 11.7 Å². The topological polar surface area (TPSA) is 154 Å². The van der Waals surface area contributed by atoms with Crippen molar-refractivity contribution in [3.8, 4) is 0 Å². The van der Waals surface area contributed by atoms with E-state index in [0.717, 1.165) is 42.7 Å². The van der Waals surface area contributed by atoms with Gasteiger partial charge in [0, 0.05) is 43.9 Å². The van der Waals surface area contributed by atoms with Crippen LogP contribution in [0.15, 0.2) is 24.3 Å². The fourth-order valence-electron chi connectivity index (χ4n) is 4.53. The number of carbonyl (C=O) groups is 1. The van der Waals surface area contributed by atoms with Crippen molar-refractivity contribution in [1.82, 2.24) is 14.8 Å². The van der Waals surface area contributed by atoms with E-state index >= 15 is 0 Å². The zero-order chi connectivity index (χ0) is 26.4. The fraction of sp³-hybridized carbons (Fsp3) is 0.480. The number of hydrogen-bond acceptors (Lipinski definition) is 9. The first-order valence-corrected chi connectivity index (χ1v) is 12.4. The average Bonchev–Trinajstić information content (AvgIpc) is 3.22. The minimum atomic E-state index is -0.787. The normalized spacial score (nSPS) is 17.6. The van der Waals surface area contributed by atoms with Crippen molar-refractivity contribution in [2.45, 2.75) is 44.3 Å². The first-order chi connectivity index (χ1) is 17.9. The molecule has 200 valence electrons. The Labute approximate surface area is 215 Å². The number of aromatic nitrogens is 3. The van der Waals surface area contributed by atoms with E-state index in [-0.39, 0.29) is 29.3 Å². The molecule has 0 bridgehead atoms. The molecule has 3 aromatic rings. The van der Waals surface area contributed by atoms with Gasteiger partial charge in [0.25, 0.3) is 5.91 Å². The number of hydrogen-bond donors (Lipinski definition) is 5. The Bertz CT molecular complexity index is 1230. The SMILES string of the molecule is COCCNc1nn(CCOC)c2ccc(Nc3nc(N[C@@H]4CCCC[C@@H]4N)c(F)cc3C(N)=O)cc12. The number of nitrogens with zero attached hydrogens (tertiary/aromatic N) is 3. The lowest BCUT2D eigenvalue weighted by atomic mass is 9.91. The third-order valence-electron chi connectivity index (χ3n) is 6.50. The molecule has 0 saturated heterocycles. The van der Waals surface area contributed by atoms with Gasteiger partial charge >= 0.3 is 0 Å². The van der Waals surface area contributed by atoms with Gasteiger partial charge in [-0.25, -0.2) is 9.37 Å². The van der Waals surface area contributed by atoms with Crippen molar-refractivity contribution in [3.05, 3.63) is 35.6 Å². The lowest BCUT2D eigenvalue weighted by Crippen LogP contribution is -2.43. The molecule has 0 spiro atoms. The van der Waals surface area contributed by atoms with Gasteiger partial charge < -0.3 is 36.9 Å². The number of nitrogens with two attached hydrogens (primary N) is 2. The molecule has 1 aliphatic carbocycles. The zero-order valence-electron chi connectivity index (χ0n) is 21.2. The molecule has 1 saturated carbocycles. The number of halogens is 1. The van der Waals surface area contributed by atoms with Crippen molar-refractivity contribution < 1.29 is 18.7 Å². The molecule has 1 amide bonds. The summed E-state index contributed by atoms with van der Waals surface area (Å²) >= 11 is 0. The first kappa shape index (κ1) is 26.6. The highest BCUT2D eigenvalue weighted by Crippen LogP contribution is 2.30. The number of pyridine rings is 1. The molecule has 1 aliphatic rings. The predicted molar refractivity (Wildman–Crippen MR) is 142 cm³/mol. The van der Waals surface area contributed by atoms with Gasteiger partial charge in [-0.3, -0.25) is 9.48 Å². The molecule has 2 aromatic heterocycles. The van der Waals surface area contributed by atoms with E-state index in [2.05, 4.69) is 26.0 Å². The van der Waals surface area contributed by atoms with Crippen LogP contribution >= 0.6 is 0 Å². The number of benzene rings is 1. The lowest BCUT2D eigenvalue weighted by Gasteiger charge is -2.30. The Kier molecular flexibility index (Phi) is 8.74. The van der Waals surface area contributed by atoms with Crippen LogP contribution in [0.25, 0.3) is 10.9 Å². The maximum Gasteiger partial charge on any atom is 0.252 e. The van der Waals surface area contributed by atoms with Gasteiger partial charge in [0.05, 0.1) is 30.8 Å². The third kappa shape index (κ3) is 6.27. The second-order valence-corrected chi connectivity index (χ2v) is 9.12. The maximum absolute atomic E-state index is 14.9. The molecule has 2 atom stereocenters. The third-order valence-corrected chi connectivity index (χ3v) is 6.50. The Morgan fingerprint density at radius 1 is 1.14 bits per heavy atom. The Morgan fingerprint density at radius 3 is 2.65 bits per heavy atom. The molecule has 1 fully saturated rings. The molecule has 0 radical (unpaired) electrons. The van der Waals surface area contributed by atoms with Gasteiger partial charge in [-0.1, -0.05) is 12.8 Å². The minimum absolute atomic E-state index is 0.0326. The quantitative estimate of drug-likeness (QED) is 0.230. The minimum Gasteiger partial charge on any atom is -0.383 e. The first-order valence-electron chi connectivity index (χ1n) is 12.4. The van der Waals surface area contributed by atoms with E-state index in [0.29, 0.717) is 37.8 Å². The largest absolute Gasteiger partial charge is 0.383 e. The van der Waals surface area contributed by atoms with Crippen LogP contribution < -0.4 is 27.4 Å². The number of primary amides is 1. The van der Waals surface area contributed by atoms with Crippen LogP contribution in [0.4, 0.5) is 27.5 Å². The van der Waals surface area contributed by atoms with E-state index in [1.807, 2.05) is 22.9 Å². The van der Waals surface area contributed by atoms with Gasteiger partial charge in [-0.15, -0.1) is 0 Å². The van der Waals surface area contributed by atoms with E-state index in [1.165, 1.54) is 0 Å². The van der Waals surface area contributed by atoms with Crippen molar-refractivity contribution in [1.29, 1.82) is 0 Å². The summed E-state index contributed by atoms with van der Waals surface area (Å²) in [6.45, 7) is 2.19. The second-order valence-electron chi connectivity index (χ2n) is 9.12.